The molecule has 0 unspecified atom stereocenters. The zero-order chi connectivity index (χ0) is 23.7. The number of nitrogens with zero attached hydrogens (tertiary/aromatic N) is 4. The van der Waals surface area contributed by atoms with Crippen molar-refractivity contribution in [1.82, 2.24) is 24.9 Å². The van der Waals surface area contributed by atoms with Crippen LogP contribution in [0.3, 0.4) is 0 Å². The highest BCUT2D eigenvalue weighted by molar-refractivity contribution is 7.92. The van der Waals surface area contributed by atoms with E-state index in [0.717, 1.165) is 31.6 Å². The van der Waals surface area contributed by atoms with Crippen molar-refractivity contribution in [3.05, 3.63) is 66.4 Å². The van der Waals surface area contributed by atoms with E-state index in [4.69, 9.17) is 4.98 Å². The van der Waals surface area contributed by atoms with E-state index in [1.807, 2.05) is 6.07 Å². The van der Waals surface area contributed by atoms with Gasteiger partial charge in [0.2, 0.25) is 5.95 Å². The minimum absolute atomic E-state index is 0.266. The van der Waals surface area contributed by atoms with Gasteiger partial charge in [0, 0.05) is 17.3 Å². The van der Waals surface area contributed by atoms with Gasteiger partial charge in [0.25, 0.3) is 0 Å². The number of piperidine rings is 1. The largest absolute Gasteiger partial charge is 0.324 e. The lowest BCUT2D eigenvalue weighted by atomic mass is 9.90. The molecular formula is C25H28N6O2S. The molecule has 0 aliphatic carbocycles. The molecule has 0 bridgehead atoms. The molecule has 0 saturated carbocycles. The van der Waals surface area contributed by atoms with E-state index >= 15 is 0 Å². The SMILES string of the molecule is CC(C)S(=O)(=O)c1cccc(-c2nc(Nc3ccc(C4CCNCC4)cc3)nc3ccnn23)c1. The van der Waals surface area contributed by atoms with Crippen LogP contribution in [-0.4, -0.2) is 46.3 Å². The molecule has 8 nitrogen and oxygen atoms in total. The Labute approximate surface area is 199 Å². The molecule has 176 valence electrons. The molecular weight excluding hydrogens is 448 g/mol. The van der Waals surface area contributed by atoms with Crippen LogP contribution in [0.2, 0.25) is 0 Å². The topological polar surface area (TPSA) is 101 Å². The van der Waals surface area contributed by atoms with Crippen LogP contribution in [0.5, 0.6) is 0 Å². The molecule has 0 amide bonds. The van der Waals surface area contributed by atoms with Crippen LogP contribution in [0.1, 0.15) is 38.2 Å². The zero-order valence-electron chi connectivity index (χ0n) is 19.3. The lowest BCUT2D eigenvalue weighted by Crippen LogP contribution is -2.26. The highest BCUT2D eigenvalue weighted by Gasteiger charge is 2.21. The molecule has 1 fully saturated rings. The lowest BCUT2D eigenvalue weighted by Gasteiger charge is -2.23. The summed E-state index contributed by atoms with van der Waals surface area (Å²) in [5.41, 5.74) is 3.52. The average molecular weight is 477 g/mol. The maximum atomic E-state index is 12.7. The molecule has 34 heavy (non-hydrogen) atoms. The van der Waals surface area contributed by atoms with Crippen molar-refractivity contribution >= 4 is 27.1 Å². The van der Waals surface area contributed by atoms with Crippen LogP contribution in [0, 0.1) is 0 Å². The quantitative estimate of drug-likeness (QED) is 0.430. The van der Waals surface area contributed by atoms with Crippen molar-refractivity contribution in [3.8, 4) is 11.4 Å². The number of aromatic nitrogens is 4. The third-order valence-electron chi connectivity index (χ3n) is 6.27. The fourth-order valence-corrected chi connectivity index (χ4v) is 5.38. The summed E-state index contributed by atoms with van der Waals surface area (Å²) in [6, 6.07) is 17.1. The molecule has 0 spiro atoms. The van der Waals surface area contributed by atoms with E-state index in [-0.39, 0.29) is 4.90 Å². The van der Waals surface area contributed by atoms with E-state index in [0.29, 0.717) is 28.9 Å². The molecule has 3 heterocycles. The Bertz CT molecular complexity index is 1410. The second-order valence-electron chi connectivity index (χ2n) is 8.86. The fraction of sp³-hybridized carbons (Fsp3) is 0.320. The molecule has 2 aromatic carbocycles. The fourth-order valence-electron chi connectivity index (χ4n) is 4.28. The Morgan fingerprint density at radius 2 is 1.79 bits per heavy atom. The second kappa shape index (κ2) is 9.15. The maximum absolute atomic E-state index is 12.7. The summed E-state index contributed by atoms with van der Waals surface area (Å²) in [6.45, 7) is 5.48. The summed E-state index contributed by atoms with van der Waals surface area (Å²) < 4.78 is 27.0. The van der Waals surface area contributed by atoms with Crippen molar-refractivity contribution < 1.29 is 8.42 Å². The van der Waals surface area contributed by atoms with Crippen LogP contribution in [-0.2, 0) is 9.84 Å². The van der Waals surface area contributed by atoms with Crippen LogP contribution < -0.4 is 10.6 Å². The Kier molecular flexibility index (Phi) is 6.05. The van der Waals surface area contributed by atoms with E-state index in [9.17, 15) is 8.42 Å². The lowest BCUT2D eigenvalue weighted by molar-refractivity contribution is 0.460. The van der Waals surface area contributed by atoms with Crippen molar-refractivity contribution in [1.29, 1.82) is 0 Å². The molecule has 2 aromatic heterocycles. The number of hydrogen-bond acceptors (Lipinski definition) is 7. The minimum atomic E-state index is -3.41. The number of rotatable bonds is 6. The van der Waals surface area contributed by atoms with Gasteiger partial charge in [-0.1, -0.05) is 24.3 Å². The molecule has 0 radical (unpaired) electrons. The van der Waals surface area contributed by atoms with Gasteiger partial charge in [-0.05, 0) is 75.5 Å². The Hall–Kier alpha value is -3.30. The van der Waals surface area contributed by atoms with E-state index in [1.165, 1.54) is 5.56 Å². The molecule has 2 N–H and O–H groups in total. The van der Waals surface area contributed by atoms with Crippen LogP contribution in [0.4, 0.5) is 11.6 Å². The molecule has 9 heteroatoms. The van der Waals surface area contributed by atoms with Gasteiger partial charge in [0.1, 0.15) is 0 Å². The summed E-state index contributed by atoms with van der Waals surface area (Å²) in [4.78, 5) is 9.54. The second-order valence-corrected chi connectivity index (χ2v) is 11.4. The third-order valence-corrected chi connectivity index (χ3v) is 8.43. The number of hydrogen-bond donors (Lipinski definition) is 2. The summed E-state index contributed by atoms with van der Waals surface area (Å²) >= 11 is 0. The van der Waals surface area contributed by atoms with Crippen molar-refractivity contribution in [2.24, 2.45) is 0 Å². The monoisotopic (exact) mass is 476 g/mol. The van der Waals surface area contributed by atoms with E-state index in [2.05, 4.69) is 45.0 Å². The van der Waals surface area contributed by atoms with Crippen LogP contribution in [0.15, 0.2) is 65.7 Å². The first-order valence-corrected chi connectivity index (χ1v) is 13.1. The third kappa shape index (κ3) is 4.41. The molecule has 1 saturated heterocycles. The highest BCUT2D eigenvalue weighted by atomic mass is 32.2. The van der Waals surface area contributed by atoms with Gasteiger partial charge in [0.15, 0.2) is 21.3 Å². The first-order valence-electron chi connectivity index (χ1n) is 11.6. The molecule has 1 aliphatic rings. The van der Waals surface area contributed by atoms with E-state index in [1.54, 1.807) is 48.8 Å². The number of sulfone groups is 1. The number of anilines is 2. The van der Waals surface area contributed by atoms with Gasteiger partial charge in [-0.15, -0.1) is 0 Å². The zero-order valence-corrected chi connectivity index (χ0v) is 20.1. The van der Waals surface area contributed by atoms with Gasteiger partial charge in [-0.25, -0.2) is 8.42 Å². The Balaban J connectivity index is 1.47. The molecule has 1 aliphatic heterocycles. The van der Waals surface area contributed by atoms with Gasteiger partial charge >= 0.3 is 0 Å². The minimum Gasteiger partial charge on any atom is -0.324 e. The van der Waals surface area contributed by atoms with Crippen molar-refractivity contribution in [2.45, 2.75) is 42.8 Å². The average Bonchev–Trinajstić information content (AvgIpc) is 3.33. The Morgan fingerprint density at radius 1 is 1.03 bits per heavy atom. The molecule has 4 aromatic rings. The van der Waals surface area contributed by atoms with Gasteiger partial charge < -0.3 is 10.6 Å². The van der Waals surface area contributed by atoms with E-state index < -0.39 is 15.1 Å². The molecule has 5 rings (SSSR count). The predicted molar refractivity (Wildman–Crippen MR) is 133 cm³/mol. The number of nitrogens with one attached hydrogen (secondary N) is 2. The number of fused-ring (bicyclic) bond motifs is 1. The smallest absolute Gasteiger partial charge is 0.231 e. The first-order chi connectivity index (χ1) is 16.4. The summed E-state index contributed by atoms with van der Waals surface area (Å²) in [6.07, 6.45) is 3.96. The molecule has 0 atom stereocenters. The van der Waals surface area contributed by atoms with Crippen LogP contribution in [0.25, 0.3) is 17.0 Å². The van der Waals surface area contributed by atoms with Crippen molar-refractivity contribution in [2.75, 3.05) is 18.4 Å². The van der Waals surface area contributed by atoms with Gasteiger partial charge in [-0.2, -0.15) is 19.6 Å². The van der Waals surface area contributed by atoms with Crippen molar-refractivity contribution in [3.63, 3.8) is 0 Å². The normalized spacial score (nSPS) is 15.1. The maximum Gasteiger partial charge on any atom is 0.231 e. The predicted octanol–water partition coefficient (Wildman–Crippen LogP) is 4.18. The highest BCUT2D eigenvalue weighted by Crippen LogP contribution is 2.28. The standard InChI is InChI=1S/C25H28N6O2S/c1-17(2)34(32,33)22-5-3-4-20(16-22)24-30-25(29-23-12-15-27-31(23)24)28-21-8-6-18(7-9-21)19-10-13-26-14-11-19/h3-9,12,15-17,19,26H,10-11,13-14H2,1-2H3,(H,28,29). The van der Waals surface area contributed by atoms with Crippen LogP contribution >= 0.6 is 0 Å². The van der Waals surface area contributed by atoms with Gasteiger partial charge in [-0.3, -0.25) is 0 Å². The summed E-state index contributed by atoms with van der Waals surface area (Å²) in [7, 11) is -3.41. The summed E-state index contributed by atoms with van der Waals surface area (Å²) in [5.74, 6) is 1.54. The summed E-state index contributed by atoms with van der Waals surface area (Å²) in [5, 5.41) is 10.5. The van der Waals surface area contributed by atoms with Gasteiger partial charge in [0.05, 0.1) is 16.3 Å². The Morgan fingerprint density at radius 3 is 2.53 bits per heavy atom. The number of benzene rings is 2. The first kappa shape index (κ1) is 22.5.